The fourth-order valence-electron chi connectivity index (χ4n) is 2.08. The van der Waals surface area contributed by atoms with E-state index in [0.717, 1.165) is 16.9 Å². The van der Waals surface area contributed by atoms with E-state index >= 15 is 0 Å². The molecule has 2 rings (SSSR count). The van der Waals surface area contributed by atoms with Gasteiger partial charge in [0.25, 0.3) is 0 Å². The molecule has 18 heavy (non-hydrogen) atoms. The van der Waals surface area contributed by atoms with Crippen LogP contribution in [0.25, 0.3) is 0 Å². The first kappa shape index (κ1) is 13.1. The average Bonchev–Trinajstić information content (AvgIpc) is 2.77. The lowest BCUT2D eigenvalue weighted by atomic mass is 10.0. The molecule has 4 heteroatoms. The van der Waals surface area contributed by atoms with E-state index in [-0.39, 0.29) is 6.04 Å². The number of nitrogens with one attached hydrogen (secondary N) is 1. The van der Waals surface area contributed by atoms with Crippen LogP contribution < -0.4 is 16.0 Å². The summed E-state index contributed by atoms with van der Waals surface area (Å²) in [5.74, 6) is 6.61. The van der Waals surface area contributed by atoms with Gasteiger partial charge < -0.3 is 4.74 Å². The van der Waals surface area contributed by atoms with Gasteiger partial charge in [0, 0.05) is 4.88 Å². The van der Waals surface area contributed by atoms with Crippen LogP contribution in [0, 0.1) is 13.8 Å². The summed E-state index contributed by atoms with van der Waals surface area (Å²) >= 11 is 1.72. The van der Waals surface area contributed by atoms with E-state index < -0.39 is 0 Å². The SMILES string of the molecule is COc1ccc(C(NN)c2sccc2C)cc1C. The first-order valence-corrected chi connectivity index (χ1v) is 6.70. The molecule has 0 amide bonds. The molecule has 2 aromatic rings. The van der Waals surface area contributed by atoms with Crippen LogP contribution in [-0.2, 0) is 0 Å². The Kier molecular flexibility index (Phi) is 4.01. The van der Waals surface area contributed by atoms with Gasteiger partial charge in [-0.25, -0.2) is 5.43 Å². The van der Waals surface area contributed by atoms with Crippen molar-refractivity contribution in [1.29, 1.82) is 0 Å². The zero-order chi connectivity index (χ0) is 13.1. The molecule has 3 nitrogen and oxygen atoms in total. The highest BCUT2D eigenvalue weighted by molar-refractivity contribution is 7.10. The van der Waals surface area contributed by atoms with Crippen molar-refractivity contribution in [3.05, 3.63) is 51.2 Å². The zero-order valence-electron chi connectivity index (χ0n) is 10.9. The first-order valence-electron chi connectivity index (χ1n) is 5.82. The Labute approximate surface area is 112 Å². The predicted octanol–water partition coefficient (Wildman–Crippen LogP) is 2.93. The quantitative estimate of drug-likeness (QED) is 0.658. The minimum atomic E-state index is 0.0367. The molecule has 0 aliphatic rings. The lowest BCUT2D eigenvalue weighted by molar-refractivity contribution is 0.411. The molecule has 1 aromatic heterocycles. The van der Waals surface area contributed by atoms with Crippen LogP contribution in [-0.4, -0.2) is 7.11 Å². The van der Waals surface area contributed by atoms with Crippen LogP contribution in [0.5, 0.6) is 5.75 Å². The second-order valence-electron chi connectivity index (χ2n) is 4.30. The molecule has 0 spiro atoms. The summed E-state index contributed by atoms with van der Waals surface area (Å²) in [5, 5.41) is 2.09. The molecule has 0 aliphatic heterocycles. The highest BCUT2D eigenvalue weighted by Gasteiger charge is 2.16. The lowest BCUT2D eigenvalue weighted by Gasteiger charge is -2.17. The van der Waals surface area contributed by atoms with Crippen LogP contribution >= 0.6 is 11.3 Å². The third kappa shape index (κ3) is 2.41. The Morgan fingerprint density at radius 3 is 2.50 bits per heavy atom. The van der Waals surface area contributed by atoms with E-state index in [2.05, 4.69) is 35.9 Å². The van der Waals surface area contributed by atoms with E-state index in [4.69, 9.17) is 10.6 Å². The molecule has 1 heterocycles. The van der Waals surface area contributed by atoms with E-state index in [0.29, 0.717) is 0 Å². The summed E-state index contributed by atoms with van der Waals surface area (Å²) in [4.78, 5) is 1.25. The largest absolute Gasteiger partial charge is 0.496 e. The minimum Gasteiger partial charge on any atom is -0.496 e. The van der Waals surface area contributed by atoms with Crippen molar-refractivity contribution in [2.75, 3.05) is 7.11 Å². The molecular weight excluding hydrogens is 244 g/mol. The van der Waals surface area contributed by atoms with Gasteiger partial charge in [0.1, 0.15) is 5.75 Å². The van der Waals surface area contributed by atoms with Crippen molar-refractivity contribution in [2.24, 2.45) is 5.84 Å². The molecular formula is C14H18N2OS. The molecule has 1 aromatic carbocycles. The van der Waals surface area contributed by atoms with Crippen molar-refractivity contribution in [1.82, 2.24) is 5.43 Å². The van der Waals surface area contributed by atoms with Crippen molar-refractivity contribution in [3.8, 4) is 5.75 Å². The molecule has 0 aliphatic carbocycles. The molecule has 0 bridgehead atoms. The first-order chi connectivity index (χ1) is 8.67. The molecule has 96 valence electrons. The van der Waals surface area contributed by atoms with Crippen LogP contribution in [0.1, 0.15) is 27.6 Å². The van der Waals surface area contributed by atoms with Crippen molar-refractivity contribution < 1.29 is 4.74 Å². The van der Waals surface area contributed by atoms with Crippen molar-refractivity contribution >= 4 is 11.3 Å². The number of hydrogen-bond acceptors (Lipinski definition) is 4. The van der Waals surface area contributed by atoms with Crippen LogP contribution in [0.15, 0.2) is 29.6 Å². The summed E-state index contributed by atoms with van der Waals surface area (Å²) in [6.07, 6.45) is 0. The average molecular weight is 262 g/mol. The number of aryl methyl sites for hydroxylation is 2. The van der Waals surface area contributed by atoms with E-state index in [1.54, 1.807) is 18.4 Å². The van der Waals surface area contributed by atoms with E-state index in [1.807, 2.05) is 13.0 Å². The highest BCUT2D eigenvalue weighted by Crippen LogP contribution is 2.31. The highest BCUT2D eigenvalue weighted by atomic mass is 32.1. The molecule has 3 N–H and O–H groups in total. The smallest absolute Gasteiger partial charge is 0.121 e. The molecule has 0 saturated heterocycles. The molecule has 0 saturated carbocycles. The number of benzene rings is 1. The number of ether oxygens (including phenoxy) is 1. The Morgan fingerprint density at radius 1 is 1.22 bits per heavy atom. The van der Waals surface area contributed by atoms with E-state index in [1.165, 1.54) is 10.4 Å². The van der Waals surface area contributed by atoms with Gasteiger partial charge in [-0.3, -0.25) is 5.84 Å². The predicted molar refractivity (Wildman–Crippen MR) is 76.0 cm³/mol. The summed E-state index contributed by atoms with van der Waals surface area (Å²) in [6, 6.07) is 8.30. The number of hydrogen-bond donors (Lipinski definition) is 2. The summed E-state index contributed by atoms with van der Waals surface area (Å²) in [7, 11) is 1.68. The summed E-state index contributed by atoms with van der Waals surface area (Å²) in [6.45, 7) is 4.14. The van der Waals surface area contributed by atoms with Gasteiger partial charge in [0.2, 0.25) is 0 Å². The molecule has 1 atom stereocenters. The van der Waals surface area contributed by atoms with Gasteiger partial charge in [-0.15, -0.1) is 11.3 Å². The van der Waals surface area contributed by atoms with E-state index in [9.17, 15) is 0 Å². The van der Waals surface area contributed by atoms with Gasteiger partial charge in [0.15, 0.2) is 0 Å². The number of methoxy groups -OCH3 is 1. The summed E-state index contributed by atoms with van der Waals surface area (Å²) < 4.78 is 5.28. The monoisotopic (exact) mass is 262 g/mol. The van der Waals surface area contributed by atoms with Gasteiger partial charge in [0.05, 0.1) is 13.2 Å². The standard InChI is InChI=1S/C14H18N2OS/c1-9-6-7-18-14(9)13(16-15)11-4-5-12(17-3)10(2)8-11/h4-8,13,16H,15H2,1-3H3. The molecule has 0 radical (unpaired) electrons. The zero-order valence-corrected chi connectivity index (χ0v) is 11.7. The Bertz CT molecular complexity index is 536. The van der Waals surface area contributed by atoms with Crippen LogP contribution in [0.3, 0.4) is 0 Å². The van der Waals surface area contributed by atoms with Crippen LogP contribution in [0.4, 0.5) is 0 Å². The maximum Gasteiger partial charge on any atom is 0.121 e. The van der Waals surface area contributed by atoms with Crippen molar-refractivity contribution in [3.63, 3.8) is 0 Å². The van der Waals surface area contributed by atoms with Gasteiger partial charge in [-0.05, 0) is 48.1 Å². The topological polar surface area (TPSA) is 47.3 Å². The fraction of sp³-hybridized carbons (Fsp3) is 0.286. The number of rotatable bonds is 4. The Hall–Kier alpha value is -1.36. The normalized spacial score (nSPS) is 12.4. The Morgan fingerprint density at radius 2 is 2.00 bits per heavy atom. The van der Waals surface area contributed by atoms with Gasteiger partial charge in [-0.1, -0.05) is 12.1 Å². The Balaban J connectivity index is 2.40. The maximum absolute atomic E-state index is 5.71. The summed E-state index contributed by atoms with van der Waals surface area (Å²) in [5.41, 5.74) is 6.43. The number of nitrogens with two attached hydrogens (primary N) is 1. The van der Waals surface area contributed by atoms with Crippen LogP contribution in [0.2, 0.25) is 0 Å². The number of thiophene rings is 1. The molecule has 0 fully saturated rings. The number of hydrazine groups is 1. The van der Waals surface area contributed by atoms with Gasteiger partial charge >= 0.3 is 0 Å². The third-order valence-corrected chi connectivity index (χ3v) is 4.17. The molecule has 1 unspecified atom stereocenters. The lowest BCUT2D eigenvalue weighted by Crippen LogP contribution is -2.28. The maximum atomic E-state index is 5.71. The third-order valence-electron chi connectivity index (χ3n) is 3.08. The second kappa shape index (κ2) is 5.52. The minimum absolute atomic E-state index is 0.0367. The van der Waals surface area contributed by atoms with Gasteiger partial charge in [-0.2, -0.15) is 0 Å². The second-order valence-corrected chi connectivity index (χ2v) is 5.24. The van der Waals surface area contributed by atoms with Crippen molar-refractivity contribution in [2.45, 2.75) is 19.9 Å². The fourth-order valence-corrected chi connectivity index (χ4v) is 3.10.